The zero-order valence-corrected chi connectivity index (χ0v) is 10.8. The lowest BCUT2D eigenvalue weighted by molar-refractivity contribution is 0.0384. The average molecular weight is 246 g/mol. The summed E-state index contributed by atoms with van der Waals surface area (Å²) >= 11 is 0. The summed E-state index contributed by atoms with van der Waals surface area (Å²) in [6.45, 7) is 7.14. The summed E-state index contributed by atoms with van der Waals surface area (Å²) in [5, 5.41) is 13.4. The van der Waals surface area contributed by atoms with Crippen molar-refractivity contribution in [3.63, 3.8) is 0 Å². The number of benzene rings is 1. The van der Waals surface area contributed by atoms with Gasteiger partial charge < -0.3 is 10.4 Å². The maximum atomic E-state index is 10.1. The molecule has 0 unspecified atom stereocenters. The molecule has 3 nitrogen and oxygen atoms in total. The molecule has 1 aliphatic rings. The highest BCUT2D eigenvalue weighted by molar-refractivity contribution is 5.14. The highest BCUT2D eigenvalue weighted by Crippen LogP contribution is 2.14. The monoisotopic (exact) mass is 246 g/mol. The maximum absolute atomic E-state index is 10.1. The second-order valence-electron chi connectivity index (χ2n) is 4.88. The van der Waals surface area contributed by atoms with Crippen LogP contribution in [0.25, 0.3) is 0 Å². The summed E-state index contributed by atoms with van der Waals surface area (Å²) < 4.78 is 0. The molecule has 1 aromatic carbocycles. The Morgan fingerprint density at radius 2 is 2.17 bits per heavy atom. The Morgan fingerprint density at radius 3 is 2.83 bits per heavy atom. The molecule has 0 saturated carbocycles. The van der Waals surface area contributed by atoms with Crippen molar-refractivity contribution in [3.8, 4) is 0 Å². The third-order valence-electron chi connectivity index (χ3n) is 3.44. The van der Waals surface area contributed by atoms with E-state index in [4.69, 9.17) is 0 Å². The number of piperidine rings is 1. The Labute approximate surface area is 109 Å². The van der Waals surface area contributed by atoms with Gasteiger partial charge in [-0.15, -0.1) is 6.58 Å². The summed E-state index contributed by atoms with van der Waals surface area (Å²) in [5.74, 6) is 0. The first-order valence-corrected chi connectivity index (χ1v) is 6.58. The third kappa shape index (κ3) is 3.67. The number of likely N-dealkylation sites (tertiary alicyclic amines) is 1. The van der Waals surface area contributed by atoms with E-state index in [1.807, 2.05) is 12.1 Å². The fourth-order valence-electron chi connectivity index (χ4n) is 2.46. The van der Waals surface area contributed by atoms with E-state index in [1.54, 1.807) is 0 Å². The number of β-amino-alcohol motifs (C(OH)–C–C–N with tert-alkyl or cyclic N) is 1. The number of rotatable bonds is 5. The molecule has 1 fully saturated rings. The fourth-order valence-corrected chi connectivity index (χ4v) is 2.46. The average Bonchev–Trinajstić information content (AvgIpc) is 2.39. The molecule has 1 saturated heterocycles. The number of aliphatic hydroxyl groups is 1. The van der Waals surface area contributed by atoms with Crippen molar-refractivity contribution in [2.24, 2.45) is 0 Å². The van der Waals surface area contributed by atoms with Gasteiger partial charge in [0.2, 0.25) is 0 Å². The SMILES string of the molecule is C=CCN[C@@H]1CCN(Cc2ccccc2)C[C@H]1O. The van der Waals surface area contributed by atoms with Crippen LogP contribution in [0.4, 0.5) is 0 Å². The lowest BCUT2D eigenvalue weighted by Crippen LogP contribution is -2.52. The smallest absolute Gasteiger partial charge is 0.0820 e. The number of nitrogens with one attached hydrogen (secondary N) is 1. The van der Waals surface area contributed by atoms with E-state index in [1.165, 1.54) is 5.56 Å². The van der Waals surface area contributed by atoms with Gasteiger partial charge in [-0.3, -0.25) is 4.90 Å². The van der Waals surface area contributed by atoms with Crippen LogP contribution in [0.1, 0.15) is 12.0 Å². The lowest BCUT2D eigenvalue weighted by atomic mass is 10.0. The van der Waals surface area contributed by atoms with Crippen molar-refractivity contribution in [1.29, 1.82) is 0 Å². The van der Waals surface area contributed by atoms with Gasteiger partial charge in [-0.1, -0.05) is 36.4 Å². The van der Waals surface area contributed by atoms with Crippen molar-refractivity contribution >= 4 is 0 Å². The van der Waals surface area contributed by atoms with Crippen molar-refractivity contribution < 1.29 is 5.11 Å². The zero-order valence-electron chi connectivity index (χ0n) is 10.8. The van der Waals surface area contributed by atoms with Crippen LogP contribution in [0.3, 0.4) is 0 Å². The molecule has 2 rings (SSSR count). The number of hydrogen-bond donors (Lipinski definition) is 2. The Hall–Kier alpha value is -1.16. The Kier molecular flexibility index (Phi) is 4.93. The number of aliphatic hydroxyl groups excluding tert-OH is 1. The highest BCUT2D eigenvalue weighted by Gasteiger charge is 2.26. The van der Waals surface area contributed by atoms with Gasteiger partial charge in [0.25, 0.3) is 0 Å². The molecule has 0 bridgehead atoms. The number of hydrogen-bond acceptors (Lipinski definition) is 3. The molecule has 0 aromatic heterocycles. The molecule has 1 aromatic rings. The standard InChI is InChI=1S/C15H22N2O/c1-2-9-16-14-8-10-17(12-15(14)18)11-13-6-4-3-5-7-13/h2-7,14-16,18H,1,8-12H2/t14-,15-/m1/s1. The van der Waals surface area contributed by atoms with Gasteiger partial charge in [0, 0.05) is 32.2 Å². The number of nitrogens with zero attached hydrogens (tertiary/aromatic N) is 1. The van der Waals surface area contributed by atoms with Gasteiger partial charge in [-0.25, -0.2) is 0 Å². The molecule has 0 spiro atoms. The van der Waals surface area contributed by atoms with Crippen LogP contribution in [0.15, 0.2) is 43.0 Å². The normalized spacial score (nSPS) is 24.9. The first-order chi connectivity index (χ1) is 8.79. The zero-order chi connectivity index (χ0) is 12.8. The maximum Gasteiger partial charge on any atom is 0.0820 e. The van der Waals surface area contributed by atoms with Gasteiger partial charge in [-0.2, -0.15) is 0 Å². The molecule has 0 radical (unpaired) electrons. The lowest BCUT2D eigenvalue weighted by Gasteiger charge is -2.36. The molecular weight excluding hydrogens is 224 g/mol. The van der Waals surface area contributed by atoms with Gasteiger partial charge in [0.1, 0.15) is 0 Å². The van der Waals surface area contributed by atoms with E-state index in [9.17, 15) is 5.11 Å². The van der Waals surface area contributed by atoms with E-state index < -0.39 is 0 Å². The Bertz CT molecular complexity index is 366. The van der Waals surface area contributed by atoms with Gasteiger partial charge in [0.05, 0.1) is 6.10 Å². The largest absolute Gasteiger partial charge is 0.390 e. The van der Waals surface area contributed by atoms with Crippen molar-refractivity contribution in [3.05, 3.63) is 48.6 Å². The van der Waals surface area contributed by atoms with Crippen molar-refractivity contribution in [2.75, 3.05) is 19.6 Å². The van der Waals surface area contributed by atoms with Crippen LogP contribution in [0.5, 0.6) is 0 Å². The van der Waals surface area contributed by atoms with Crippen molar-refractivity contribution in [1.82, 2.24) is 10.2 Å². The van der Waals surface area contributed by atoms with E-state index in [0.717, 1.165) is 32.6 Å². The van der Waals surface area contributed by atoms with Crippen LogP contribution < -0.4 is 5.32 Å². The first-order valence-electron chi connectivity index (χ1n) is 6.58. The summed E-state index contributed by atoms with van der Waals surface area (Å²) in [7, 11) is 0. The summed E-state index contributed by atoms with van der Waals surface area (Å²) in [6.07, 6.45) is 2.53. The Morgan fingerprint density at radius 1 is 1.39 bits per heavy atom. The highest BCUT2D eigenvalue weighted by atomic mass is 16.3. The van der Waals surface area contributed by atoms with E-state index in [2.05, 4.69) is 41.1 Å². The third-order valence-corrected chi connectivity index (χ3v) is 3.44. The first kappa shape index (κ1) is 13.3. The van der Waals surface area contributed by atoms with Crippen LogP contribution in [0, 0.1) is 0 Å². The summed E-state index contributed by atoms with van der Waals surface area (Å²) in [5.41, 5.74) is 1.31. The molecular formula is C15H22N2O. The molecule has 0 aliphatic carbocycles. The summed E-state index contributed by atoms with van der Waals surface area (Å²) in [4.78, 5) is 2.31. The van der Waals surface area contributed by atoms with E-state index >= 15 is 0 Å². The molecule has 1 heterocycles. The van der Waals surface area contributed by atoms with Gasteiger partial charge in [0.15, 0.2) is 0 Å². The minimum atomic E-state index is -0.289. The molecule has 2 N–H and O–H groups in total. The van der Waals surface area contributed by atoms with E-state index in [0.29, 0.717) is 0 Å². The predicted octanol–water partition coefficient (Wildman–Crippen LogP) is 1.40. The molecule has 0 amide bonds. The van der Waals surface area contributed by atoms with Gasteiger partial charge in [-0.05, 0) is 12.0 Å². The quantitative estimate of drug-likeness (QED) is 0.771. The molecule has 18 heavy (non-hydrogen) atoms. The van der Waals surface area contributed by atoms with Crippen LogP contribution in [-0.4, -0.2) is 41.8 Å². The Balaban J connectivity index is 1.82. The second-order valence-corrected chi connectivity index (χ2v) is 4.88. The van der Waals surface area contributed by atoms with Gasteiger partial charge >= 0.3 is 0 Å². The predicted molar refractivity (Wildman–Crippen MR) is 74.3 cm³/mol. The fraction of sp³-hybridized carbons (Fsp3) is 0.467. The minimum absolute atomic E-state index is 0.204. The van der Waals surface area contributed by atoms with E-state index in [-0.39, 0.29) is 12.1 Å². The molecule has 3 heteroatoms. The van der Waals surface area contributed by atoms with Crippen LogP contribution in [-0.2, 0) is 6.54 Å². The summed E-state index contributed by atoms with van der Waals surface area (Å²) in [6, 6.07) is 10.6. The minimum Gasteiger partial charge on any atom is -0.390 e. The van der Waals surface area contributed by atoms with Crippen LogP contribution >= 0.6 is 0 Å². The molecule has 98 valence electrons. The second kappa shape index (κ2) is 6.69. The van der Waals surface area contributed by atoms with Crippen molar-refractivity contribution in [2.45, 2.75) is 25.1 Å². The molecule has 1 aliphatic heterocycles. The molecule has 2 atom stereocenters. The topological polar surface area (TPSA) is 35.5 Å². The van der Waals surface area contributed by atoms with Crippen LogP contribution in [0.2, 0.25) is 0 Å².